The maximum absolute atomic E-state index is 5.08. The first-order valence-electron chi connectivity index (χ1n) is 1.76. The molecule has 0 atom stereocenters. The maximum atomic E-state index is 5.08. The third-order valence-electron chi connectivity index (χ3n) is 0.394. The van der Waals surface area contributed by atoms with Crippen molar-refractivity contribution in [3.05, 3.63) is 0 Å². The average molecular weight is 122 g/mol. The number of nitrogens with one attached hydrogen (secondary N) is 1. The van der Waals surface area contributed by atoms with Crippen LogP contribution in [-0.4, -0.2) is 20.1 Å². The molecule has 0 rings (SSSR count). The van der Waals surface area contributed by atoms with E-state index in [-0.39, 0.29) is 62.0 Å². The zero-order valence-electron chi connectivity index (χ0n) is 7.49. The number of hydrogen-bond donors (Lipinski definition) is 2. The smallest absolute Gasteiger partial charge is 1.00 e. The first kappa shape index (κ1) is 16.0. The van der Waals surface area contributed by atoms with E-state index in [4.69, 9.17) is 5.73 Å². The molecule has 0 saturated carbocycles. The summed E-state index contributed by atoms with van der Waals surface area (Å²) in [6.45, 7) is 1.65. The van der Waals surface area contributed by atoms with Gasteiger partial charge in [0.05, 0.1) is 0 Å². The van der Waals surface area contributed by atoms with Crippen molar-refractivity contribution in [1.82, 2.24) is 5.32 Å². The predicted molar refractivity (Wildman–Crippen MR) is 25.2 cm³/mol. The summed E-state index contributed by atoms with van der Waals surface area (Å²) in [5.41, 5.74) is 5.08. The molecular weight excluding hydrogens is 110 g/mol. The van der Waals surface area contributed by atoms with Crippen LogP contribution in [0.15, 0.2) is 0 Å². The van der Waals surface area contributed by atoms with Gasteiger partial charge in [0, 0.05) is 13.1 Å². The number of nitrogens with two attached hydrogens (primary N) is 1. The van der Waals surface area contributed by atoms with E-state index in [2.05, 4.69) is 5.32 Å². The second-order valence-corrected chi connectivity index (χ2v) is 0.892. The standard InChI is InChI=1S/C3H10N2.2Na.2H/c1-5-3-2-4;;;;/h5H,2-4H2,1H3;;;;/q;2*+1;2*-1. The van der Waals surface area contributed by atoms with Gasteiger partial charge in [0.15, 0.2) is 0 Å². The molecule has 36 valence electrons. The summed E-state index contributed by atoms with van der Waals surface area (Å²) in [5.74, 6) is 0. The Bertz CT molecular complexity index is 25.3. The minimum Gasteiger partial charge on any atom is -1.00 e. The predicted octanol–water partition coefficient (Wildman–Crippen LogP) is -6.60. The Morgan fingerprint density at radius 3 is 2.00 bits per heavy atom. The van der Waals surface area contributed by atoms with Crippen molar-refractivity contribution in [2.24, 2.45) is 5.73 Å². The minimum atomic E-state index is 0. The van der Waals surface area contributed by atoms with Gasteiger partial charge >= 0.3 is 59.1 Å². The van der Waals surface area contributed by atoms with Crippen molar-refractivity contribution in [3.63, 3.8) is 0 Å². The molecule has 0 amide bonds. The van der Waals surface area contributed by atoms with Crippen molar-refractivity contribution < 1.29 is 62.0 Å². The summed E-state index contributed by atoms with van der Waals surface area (Å²) in [5, 5.41) is 2.89. The SMILES string of the molecule is CNCCN.[H-].[H-].[Na+].[Na+]. The molecule has 7 heavy (non-hydrogen) atoms. The van der Waals surface area contributed by atoms with E-state index in [0.717, 1.165) is 13.1 Å². The van der Waals surface area contributed by atoms with E-state index >= 15 is 0 Å². The Balaban J connectivity index is -0.0000000133. The van der Waals surface area contributed by atoms with Gasteiger partial charge in [0.25, 0.3) is 0 Å². The Kier molecular flexibility index (Phi) is 35.7. The minimum absolute atomic E-state index is 0. The molecule has 3 N–H and O–H groups in total. The van der Waals surface area contributed by atoms with Gasteiger partial charge in [0.2, 0.25) is 0 Å². The van der Waals surface area contributed by atoms with E-state index in [1.54, 1.807) is 0 Å². The molecule has 0 fully saturated rings. The second kappa shape index (κ2) is 15.7. The molecule has 0 radical (unpaired) electrons. The Morgan fingerprint density at radius 2 is 2.00 bits per heavy atom. The van der Waals surface area contributed by atoms with Crippen LogP contribution in [0.1, 0.15) is 2.85 Å². The molecule has 0 aliphatic rings. The number of rotatable bonds is 2. The van der Waals surface area contributed by atoms with Crippen LogP contribution in [0.5, 0.6) is 0 Å². The van der Waals surface area contributed by atoms with Crippen LogP contribution in [0.4, 0.5) is 0 Å². The van der Waals surface area contributed by atoms with Gasteiger partial charge in [-0.2, -0.15) is 0 Å². The summed E-state index contributed by atoms with van der Waals surface area (Å²) in [4.78, 5) is 0. The third kappa shape index (κ3) is 18.1. The second-order valence-electron chi connectivity index (χ2n) is 0.892. The topological polar surface area (TPSA) is 38.0 Å². The molecule has 0 spiro atoms. The van der Waals surface area contributed by atoms with Gasteiger partial charge in [0.1, 0.15) is 0 Å². The Morgan fingerprint density at radius 1 is 1.57 bits per heavy atom. The van der Waals surface area contributed by atoms with Gasteiger partial charge in [-0.1, -0.05) is 0 Å². The van der Waals surface area contributed by atoms with Crippen LogP contribution in [0.2, 0.25) is 0 Å². The molecule has 0 aromatic rings. The zero-order chi connectivity index (χ0) is 4.12. The van der Waals surface area contributed by atoms with Crippen LogP contribution in [0, 0.1) is 0 Å². The Labute approximate surface area is 92.2 Å². The molecule has 2 nitrogen and oxygen atoms in total. The van der Waals surface area contributed by atoms with Gasteiger partial charge in [-0.05, 0) is 7.05 Å². The molecule has 0 saturated heterocycles. The van der Waals surface area contributed by atoms with Crippen LogP contribution in [-0.2, 0) is 0 Å². The quantitative estimate of drug-likeness (QED) is 0.357. The largest absolute Gasteiger partial charge is 1.00 e. The summed E-state index contributed by atoms with van der Waals surface area (Å²) >= 11 is 0. The fraction of sp³-hybridized carbons (Fsp3) is 1.00. The Hall–Kier alpha value is 1.92. The van der Waals surface area contributed by atoms with Gasteiger partial charge in [-0.25, -0.2) is 0 Å². The first-order chi connectivity index (χ1) is 2.41. The molecule has 0 unspecified atom stereocenters. The first-order valence-corrected chi connectivity index (χ1v) is 1.76. The molecule has 0 bridgehead atoms. The average Bonchev–Trinajstić information content (AvgIpc) is 1.41. The van der Waals surface area contributed by atoms with Crippen LogP contribution in [0.25, 0.3) is 0 Å². The number of hydrogen-bond acceptors (Lipinski definition) is 2. The van der Waals surface area contributed by atoms with Gasteiger partial charge in [-0.3, -0.25) is 0 Å². The summed E-state index contributed by atoms with van der Waals surface area (Å²) in [6, 6.07) is 0. The van der Waals surface area contributed by atoms with Gasteiger partial charge in [-0.15, -0.1) is 0 Å². The molecule has 0 aromatic carbocycles. The molecular formula is C3H12N2Na2. The molecule has 0 aliphatic heterocycles. The maximum Gasteiger partial charge on any atom is 1.00 e. The van der Waals surface area contributed by atoms with Crippen molar-refractivity contribution >= 4 is 0 Å². The molecule has 0 heterocycles. The monoisotopic (exact) mass is 122 g/mol. The molecule has 4 heteroatoms. The van der Waals surface area contributed by atoms with Crippen molar-refractivity contribution in [2.45, 2.75) is 0 Å². The van der Waals surface area contributed by atoms with E-state index in [0.29, 0.717) is 0 Å². The number of likely N-dealkylation sites (N-methyl/N-ethyl adjacent to an activating group) is 1. The van der Waals surface area contributed by atoms with E-state index in [1.807, 2.05) is 7.05 Å². The third-order valence-corrected chi connectivity index (χ3v) is 0.394. The van der Waals surface area contributed by atoms with Crippen LogP contribution in [0.3, 0.4) is 0 Å². The van der Waals surface area contributed by atoms with E-state index in [9.17, 15) is 0 Å². The molecule has 0 aliphatic carbocycles. The van der Waals surface area contributed by atoms with Crippen LogP contribution < -0.4 is 70.2 Å². The normalized spacial score (nSPS) is 6.00. The summed E-state index contributed by atoms with van der Waals surface area (Å²) < 4.78 is 0. The van der Waals surface area contributed by atoms with Crippen molar-refractivity contribution in [1.29, 1.82) is 0 Å². The fourth-order valence-corrected chi connectivity index (χ4v) is 0.144. The van der Waals surface area contributed by atoms with Crippen molar-refractivity contribution in [2.75, 3.05) is 20.1 Å². The molecule has 0 aromatic heterocycles. The van der Waals surface area contributed by atoms with Crippen molar-refractivity contribution in [3.8, 4) is 0 Å². The summed E-state index contributed by atoms with van der Waals surface area (Å²) in [7, 11) is 1.88. The van der Waals surface area contributed by atoms with E-state index in [1.165, 1.54) is 0 Å². The van der Waals surface area contributed by atoms with Gasteiger partial charge < -0.3 is 13.9 Å². The fourth-order valence-electron chi connectivity index (χ4n) is 0.144. The zero-order valence-corrected chi connectivity index (χ0v) is 9.49. The summed E-state index contributed by atoms with van der Waals surface area (Å²) in [6.07, 6.45) is 0. The van der Waals surface area contributed by atoms with Crippen LogP contribution >= 0.6 is 0 Å². The van der Waals surface area contributed by atoms with E-state index < -0.39 is 0 Å².